The highest BCUT2D eigenvalue weighted by atomic mass is 16.6. The number of rotatable bonds is 25. The average molecular weight is 1130 g/mol. The number of nitrogens with zero attached hydrogens (tertiary/aromatic N) is 2. The first kappa shape index (κ1) is 59.3. The third-order valence-corrected chi connectivity index (χ3v) is 15.6. The van der Waals surface area contributed by atoms with Crippen molar-refractivity contribution in [1.82, 2.24) is 0 Å². The molecule has 8 heteroatoms. The Morgan fingerprint density at radius 1 is 0.337 bits per heavy atom. The second kappa shape index (κ2) is 28.6. The van der Waals surface area contributed by atoms with E-state index in [-0.39, 0.29) is 13.2 Å². The second-order valence-electron chi connectivity index (χ2n) is 21.6. The van der Waals surface area contributed by atoms with Gasteiger partial charge in [-0.25, -0.2) is 9.59 Å². The molecule has 10 aromatic carbocycles. The molecule has 0 saturated heterocycles. The summed E-state index contributed by atoms with van der Waals surface area (Å²) in [5.41, 5.74) is 22.8. The predicted molar refractivity (Wildman–Crippen MR) is 352 cm³/mol. The SMILES string of the molecule is C=Cc1ccc(COCCc2ccc(N(c3ccc(-c4ccc(C(=O)OCCOC(=O)c5ccc(-c6ccc(N(c7ccc(CCOCc8ccc(C=C)cc8)cc7)c7ccc(C)c(C)c7)cc6)cc5)cc4)cc3)c3ccc(C)c(C)c3)cc2)cc1. The minimum atomic E-state index is -0.495. The molecule has 0 atom stereocenters. The number of benzene rings is 10. The van der Waals surface area contributed by atoms with Gasteiger partial charge < -0.3 is 28.7 Å². The van der Waals surface area contributed by atoms with Crippen molar-refractivity contribution in [3.8, 4) is 22.3 Å². The van der Waals surface area contributed by atoms with Gasteiger partial charge in [-0.15, -0.1) is 0 Å². The number of hydrogen-bond donors (Lipinski definition) is 0. The van der Waals surface area contributed by atoms with Crippen molar-refractivity contribution in [1.29, 1.82) is 0 Å². The van der Waals surface area contributed by atoms with Crippen molar-refractivity contribution in [3.63, 3.8) is 0 Å². The number of hydrogen-bond acceptors (Lipinski definition) is 8. The molecule has 0 aromatic heterocycles. The molecular formula is C78H72N2O6. The van der Waals surface area contributed by atoms with Gasteiger partial charge in [0.2, 0.25) is 0 Å². The molecule has 0 N–H and O–H groups in total. The molecule has 0 heterocycles. The summed E-state index contributed by atoms with van der Waals surface area (Å²) in [6.45, 7) is 18.4. The molecule has 0 fully saturated rings. The minimum Gasteiger partial charge on any atom is -0.458 e. The molecule has 0 aliphatic carbocycles. The quantitative estimate of drug-likeness (QED) is 0.0414. The zero-order valence-corrected chi connectivity index (χ0v) is 49.5. The molecule has 0 unspecified atom stereocenters. The number of carbonyl (C=O) groups excluding carboxylic acids is 2. The van der Waals surface area contributed by atoms with Gasteiger partial charge in [-0.2, -0.15) is 0 Å². The maximum atomic E-state index is 13.1. The summed E-state index contributed by atoms with van der Waals surface area (Å²) in [5, 5.41) is 0. The Hall–Kier alpha value is -9.86. The van der Waals surface area contributed by atoms with E-state index < -0.39 is 11.9 Å². The van der Waals surface area contributed by atoms with Crippen LogP contribution < -0.4 is 9.80 Å². The molecule has 0 radical (unpaired) electrons. The van der Waals surface area contributed by atoms with Crippen LogP contribution in [0.4, 0.5) is 34.1 Å². The molecule has 10 rings (SSSR count). The van der Waals surface area contributed by atoms with Crippen LogP contribution in [0.15, 0.2) is 244 Å². The van der Waals surface area contributed by atoms with E-state index in [0.29, 0.717) is 37.6 Å². The Kier molecular flexibility index (Phi) is 19.7. The standard InChI is InChI=1S/C78H72N2O6/c1-7-59-11-15-63(16-12-59)53-83-47-45-61-19-37-71(38-20-61)79(75-35-9-55(3)57(5)51-75)73-41-31-67(32-42-73)65-23-27-69(28-24-65)77(81)85-49-50-86-78(82)70-29-25-66(26-30-70)68-33-43-74(44-34-68)80(76-36-10-56(4)58(6)52-76)72-39-21-62(22-40-72)46-48-84-54-64-17-13-60(8-2)14-18-64/h7-44,51-52H,1-2,45-50,53-54H2,3-6H3. The molecule has 86 heavy (non-hydrogen) atoms. The topological polar surface area (TPSA) is 77.5 Å². The smallest absolute Gasteiger partial charge is 0.338 e. The maximum Gasteiger partial charge on any atom is 0.338 e. The third kappa shape index (κ3) is 15.3. The Morgan fingerprint density at radius 2 is 0.628 bits per heavy atom. The zero-order chi connectivity index (χ0) is 59.8. The van der Waals surface area contributed by atoms with E-state index in [1.54, 1.807) is 24.3 Å². The van der Waals surface area contributed by atoms with Crippen LogP contribution in [0.25, 0.3) is 34.4 Å². The fraction of sp³-hybridized carbons (Fsp3) is 0.154. The lowest BCUT2D eigenvalue weighted by Crippen LogP contribution is -2.14. The fourth-order valence-corrected chi connectivity index (χ4v) is 10.1. The first-order valence-electron chi connectivity index (χ1n) is 29.2. The number of aryl methyl sites for hydroxylation is 4. The van der Waals surface area contributed by atoms with Gasteiger partial charge in [0, 0.05) is 34.1 Å². The normalized spacial score (nSPS) is 11.0. The lowest BCUT2D eigenvalue weighted by atomic mass is 10.0. The minimum absolute atomic E-state index is 0.0795. The van der Waals surface area contributed by atoms with E-state index in [1.807, 2.05) is 36.4 Å². The summed E-state index contributed by atoms with van der Waals surface area (Å²) in [6, 6.07) is 78.6. The Labute approximate surface area is 506 Å². The molecular weight excluding hydrogens is 1060 g/mol. The van der Waals surface area contributed by atoms with Crippen molar-refractivity contribution in [2.75, 3.05) is 36.2 Å². The van der Waals surface area contributed by atoms with Gasteiger partial charge in [0.05, 0.1) is 37.6 Å². The van der Waals surface area contributed by atoms with Gasteiger partial charge in [-0.1, -0.05) is 159 Å². The molecule has 8 nitrogen and oxygen atoms in total. The summed E-state index contributed by atoms with van der Waals surface area (Å²) in [7, 11) is 0. The van der Waals surface area contributed by atoms with Crippen molar-refractivity contribution < 1.29 is 28.5 Å². The molecule has 0 aliphatic heterocycles. The number of anilines is 6. The number of carbonyl (C=O) groups is 2. The molecule has 0 amide bonds. The van der Waals surface area contributed by atoms with E-state index in [0.717, 1.165) is 91.5 Å². The molecule has 0 bridgehead atoms. The van der Waals surface area contributed by atoms with Crippen LogP contribution >= 0.6 is 0 Å². The Bertz CT molecular complexity index is 3630. The van der Waals surface area contributed by atoms with Crippen LogP contribution in [0.2, 0.25) is 0 Å². The zero-order valence-electron chi connectivity index (χ0n) is 49.5. The molecule has 0 aliphatic rings. The largest absolute Gasteiger partial charge is 0.458 e. The van der Waals surface area contributed by atoms with Crippen LogP contribution in [0, 0.1) is 27.7 Å². The van der Waals surface area contributed by atoms with Gasteiger partial charge in [0.15, 0.2) is 0 Å². The van der Waals surface area contributed by atoms with E-state index in [9.17, 15) is 9.59 Å². The van der Waals surface area contributed by atoms with Gasteiger partial charge in [-0.3, -0.25) is 0 Å². The highest BCUT2D eigenvalue weighted by Crippen LogP contribution is 2.39. The van der Waals surface area contributed by atoms with Crippen LogP contribution in [0.3, 0.4) is 0 Å². The van der Waals surface area contributed by atoms with Gasteiger partial charge in [0.1, 0.15) is 13.2 Å². The highest BCUT2D eigenvalue weighted by molar-refractivity contribution is 5.91. The predicted octanol–water partition coefficient (Wildman–Crippen LogP) is 19.0. The van der Waals surface area contributed by atoms with Crippen molar-refractivity contribution in [2.24, 2.45) is 0 Å². The lowest BCUT2D eigenvalue weighted by Gasteiger charge is -2.26. The van der Waals surface area contributed by atoms with Gasteiger partial charge in [0.25, 0.3) is 0 Å². The molecule has 0 saturated carbocycles. The first-order valence-corrected chi connectivity index (χ1v) is 29.2. The first-order chi connectivity index (χ1) is 42.0. The summed E-state index contributed by atoms with van der Waals surface area (Å²) < 4.78 is 23.1. The van der Waals surface area contributed by atoms with Crippen molar-refractivity contribution in [2.45, 2.75) is 53.8 Å². The summed E-state index contributed by atoms with van der Waals surface area (Å²) in [5.74, 6) is -0.990. The van der Waals surface area contributed by atoms with Crippen LogP contribution in [0.1, 0.15) is 76.4 Å². The van der Waals surface area contributed by atoms with Crippen molar-refractivity contribution >= 4 is 58.2 Å². The second-order valence-corrected chi connectivity index (χ2v) is 21.6. The number of esters is 2. The molecule has 430 valence electrons. The van der Waals surface area contributed by atoms with Crippen LogP contribution in [0.5, 0.6) is 0 Å². The van der Waals surface area contributed by atoms with E-state index in [1.165, 1.54) is 33.4 Å². The number of ether oxygens (including phenoxy) is 4. The monoisotopic (exact) mass is 1130 g/mol. The van der Waals surface area contributed by atoms with E-state index in [2.05, 4.69) is 233 Å². The van der Waals surface area contributed by atoms with Crippen LogP contribution in [-0.2, 0) is 45.0 Å². The molecule has 0 spiro atoms. The van der Waals surface area contributed by atoms with E-state index in [4.69, 9.17) is 18.9 Å². The molecule has 10 aromatic rings. The van der Waals surface area contributed by atoms with E-state index >= 15 is 0 Å². The summed E-state index contributed by atoms with van der Waals surface area (Å²) in [4.78, 5) is 30.8. The maximum absolute atomic E-state index is 13.1. The highest BCUT2D eigenvalue weighted by Gasteiger charge is 2.18. The summed E-state index contributed by atoms with van der Waals surface area (Å²) >= 11 is 0. The van der Waals surface area contributed by atoms with Crippen LogP contribution in [-0.4, -0.2) is 38.4 Å². The third-order valence-electron chi connectivity index (χ3n) is 15.6. The van der Waals surface area contributed by atoms with Crippen molar-refractivity contribution in [3.05, 3.63) is 310 Å². The fourth-order valence-electron chi connectivity index (χ4n) is 10.1. The Balaban J connectivity index is 0.700. The average Bonchev–Trinajstić information content (AvgIpc) is 2.06. The van der Waals surface area contributed by atoms with Gasteiger partial charge in [-0.05, 0) is 215 Å². The Morgan fingerprint density at radius 3 is 0.942 bits per heavy atom. The summed E-state index contributed by atoms with van der Waals surface area (Å²) in [6.07, 6.45) is 5.31. The lowest BCUT2D eigenvalue weighted by molar-refractivity contribution is 0.0265. The van der Waals surface area contributed by atoms with Gasteiger partial charge >= 0.3 is 11.9 Å².